The topological polar surface area (TPSA) is 74.8 Å². The van der Waals surface area contributed by atoms with Crippen molar-refractivity contribution in [3.63, 3.8) is 0 Å². The molecule has 7 rings (SSSR count). The highest BCUT2D eigenvalue weighted by atomic mass is 16.2. The zero-order valence-corrected chi connectivity index (χ0v) is 19.1. The Balaban J connectivity index is 1.64. The molecule has 0 bridgehead atoms. The summed E-state index contributed by atoms with van der Waals surface area (Å²) in [5.74, 6) is -1.37. The SMILES string of the molecule is C=CCN1C(=O)c2ccc3c4ccc5c6c(ccc(c7ccc(c2c37)C1=O)c64)C(=O)N(CC=C)C5=O. The highest BCUT2D eigenvalue weighted by Crippen LogP contribution is 2.46. The largest absolute Gasteiger partial charge is 0.270 e. The predicted octanol–water partition coefficient (Wildman–Crippen LogP) is 5.30. The number of amides is 4. The van der Waals surface area contributed by atoms with Gasteiger partial charge in [0.1, 0.15) is 0 Å². The van der Waals surface area contributed by atoms with Gasteiger partial charge in [0.05, 0.1) is 0 Å². The highest BCUT2D eigenvalue weighted by molar-refractivity contribution is 6.41. The molecule has 0 N–H and O–H groups in total. The first kappa shape index (κ1) is 20.5. The molecule has 36 heavy (non-hydrogen) atoms. The number of rotatable bonds is 4. The summed E-state index contributed by atoms with van der Waals surface area (Å²) in [6.45, 7) is 7.63. The van der Waals surface area contributed by atoms with E-state index in [2.05, 4.69) is 13.2 Å². The molecule has 0 unspecified atom stereocenters. The van der Waals surface area contributed by atoms with Crippen LogP contribution in [0.2, 0.25) is 0 Å². The maximum absolute atomic E-state index is 13.2. The second-order valence-corrected chi connectivity index (χ2v) is 9.16. The molecule has 0 saturated heterocycles. The number of imide groups is 2. The Hall–Kier alpha value is -4.84. The van der Waals surface area contributed by atoms with Crippen LogP contribution in [-0.4, -0.2) is 46.5 Å². The molecule has 0 saturated carbocycles. The Bertz CT molecular complexity index is 1660. The minimum atomic E-state index is -0.342. The Labute approximate surface area is 205 Å². The summed E-state index contributed by atoms with van der Waals surface area (Å²) >= 11 is 0. The van der Waals surface area contributed by atoms with Crippen molar-refractivity contribution >= 4 is 66.7 Å². The molecule has 0 fully saturated rings. The van der Waals surface area contributed by atoms with Crippen LogP contribution in [0.1, 0.15) is 41.4 Å². The minimum absolute atomic E-state index is 0.140. The van der Waals surface area contributed by atoms with Gasteiger partial charge in [-0.3, -0.25) is 29.0 Å². The lowest BCUT2D eigenvalue weighted by Gasteiger charge is -2.29. The molecule has 6 heteroatoms. The van der Waals surface area contributed by atoms with Crippen molar-refractivity contribution in [3.05, 3.63) is 96.1 Å². The maximum Gasteiger partial charge on any atom is 0.261 e. The van der Waals surface area contributed by atoms with Crippen LogP contribution in [0.4, 0.5) is 0 Å². The van der Waals surface area contributed by atoms with E-state index in [0.29, 0.717) is 33.0 Å². The first-order valence-corrected chi connectivity index (χ1v) is 11.6. The summed E-state index contributed by atoms with van der Waals surface area (Å²) in [5, 5.41) is 6.43. The average Bonchev–Trinajstić information content (AvgIpc) is 2.89. The molecular formula is C30H18N2O4. The monoisotopic (exact) mass is 470 g/mol. The molecule has 0 radical (unpaired) electrons. The van der Waals surface area contributed by atoms with Crippen molar-refractivity contribution in [2.24, 2.45) is 0 Å². The van der Waals surface area contributed by atoms with E-state index in [1.165, 1.54) is 9.80 Å². The molecule has 0 atom stereocenters. The molecule has 0 spiro atoms. The van der Waals surface area contributed by atoms with E-state index in [-0.39, 0.29) is 36.7 Å². The minimum Gasteiger partial charge on any atom is -0.270 e. The molecule has 2 aliphatic rings. The number of fused-ring (bicyclic) bond motifs is 2. The lowest BCUT2D eigenvalue weighted by molar-refractivity contribution is 0.0613. The van der Waals surface area contributed by atoms with E-state index in [0.717, 1.165) is 32.3 Å². The van der Waals surface area contributed by atoms with Crippen LogP contribution in [0.25, 0.3) is 43.1 Å². The predicted molar refractivity (Wildman–Crippen MR) is 139 cm³/mol. The van der Waals surface area contributed by atoms with Gasteiger partial charge < -0.3 is 0 Å². The fraction of sp³-hybridized carbons (Fsp3) is 0.0667. The zero-order chi connectivity index (χ0) is 24.9. The maximum atomic E-state index is 13.2. The molecule has 172 valence electrons. The van der Waals surface area contributed by atoms with E-state index in [9.17, 15) is 19.2 Å². The van der Waals surface area contributed by atoms with Crippen LogP contribution in [0.15, 0.2) is 73.8 Å². The van der Waals surface area contributed by atoms with Crippen molar-refractivity contribution in [1.82, 2.24) is 9.80 Å². The third kappa shape index (κ3) is 2.26. The van der Waals surface area contributed by atoms with E-state index in [4.69, 9.17) is 0 Å². The average molecular weight is 470 g/mol. The van der Waals surface area contributed by atoms with Crippen LogP contribution >= 0.6 is 0 Å². The smallest absolute Gasteiger partial charge is 0.261 e. The number of hydrogen-bond donors (Lipinski definition) is 0. The molecule has 0 aromatic heterocycles. The third-order valence-corrected chi connectivity index (χ3v) is 7.43. The Kier molecular flexibility index (Phi) is 3.91. The van der Waals surface area contributed by atoms with Crippen molar-refractivity contribution in [3.8, 4) is 0 Å². The summed E-state index contributed by atoms with van der Waals surface area (Å²) in [6.07, 6.45) is 3.08. The molecule has 5 aromatic carbocycles. The first-order valence-electron chi connectivity index (χ1n) is 11.6. The fourth-order valence-electron chi connectivity index (χ4n) is 5.96. The number of carbonyl (C=O) groups excluding carboxylic acids is 4. The second kappa shape index (κ2) is 6.86. The molecule has 6 nitrogen and oxygen atoms in total. The normalized spacial score (nSPS) is 15.2. The standard InChI is InChI=1S/C30H18N2O4/c1-3-13-31-27(33)19-9-5-15-17-7-11-21-26-22(30(36)32(14-4-2)29(21)35)12-8-18(24(17)26)16-6-10-20(28(31)34)25(19)23(15)16/h3-12H,1-2,13-14H2. The Morgan fingerprint density at radius 3 is 1.00 bits per heavy atom. The van der Waals surface area contributed by atoms with Gasteiger partial charge >= 0.3 is 0 Å². The van der Waals surface area contributed by atoms with Crippen molar-refractivity contribution in [2.45, 2.75) is 0 Å². The summed E-state index contributed by atoms with van der Waals surface area (Å²) in [7, 11) is 0. The molecule has 2 heterocycles. The van der Waals surface area contributed by atoms with E-state index >= 15 is 0 Å². The quantitative estimate of drug-likeness (QED) is 0.155. The van der Waals surface area contributed by atoms with Gasteiger partial charge in [0.2, 0.25) is 0 Å². The van der Waals surface area contributed by atoms with Gasteiger partial charge in [-0.1, -0.05) is 36.4 Å². The fourth-order valence-corrected chi connectivity index (χ4v) is 5.96. The van der Waals surface area contributed by atoms with Gasteiger partial charge in [-0.15, -0.1) is 13.2 Å². The summed E-state index contributed by atoms with van der Waals surface area (Å²) in [6, 6.07) is 14.6. The van der Waals surface area contributed by atoms with Crippen LogP contribution in [0.5, 0.6) is 0 Å². The van der Waals surface area contributed by atoms with Gasteiger partial charge in [0, 0.05) is 46.1 Å². The van der Waals surface area contributed by atoms with E-state index < -0.39 is 0 Å². The number of carbonyl (C=O) groups is 4. The van der Waals surface area contributed by atoms with Crippen LogP contribution in [-0.2, 0) is 0 Å². The van der Waals surface area contributed by atoms with Crippen molar-refractivity contribution in [2.75, 3.05) is 13.1 Å². The number of benzene rings is 5. The number of nitrogens with zero attached hydrogens (tertiary/aromatic N) is 2. The van der Waals surface area contributed by atoms with Crippen LogP contribution < -0.4 is 0 Å². The second-order valence-electron chi connectivity index (χ2n) is 9.16. The number of hydrogen-bond acceptors (Lipinski definition) is 4. The van der Waals surface area contributed by atoms with Gasteiger partial charge in [-0.25, -0.2) is 0 Å². The molecule has 2 aliphatic heterocycles. The van der Waals surface area contributed by atoms with Gasteiger partial charge in [-0.2, -0.15) is 0 Å². The van der Waals surface area contributed by atoms with Crippen LogP contribution in [0, 0.1) is 0 Å². The van der Waals surface area contributed by atoms with E-state index in [1.54, 1.807) is 36.4 Å². The van der Waals surface area contributed by atoms with Gasteiger partial charge in [0.25, 0.3) is 23.6 Å². The molecular weight excluding hydrogens is 452 g/mol. The molecule has 0 aliphatic carbocycles. The van der Waals surface area contributed by atoms with Gasteiger partial charge in [0.15, 0.2) is 0 Å². The molecule has 4 amide bonds. The lowest BCUT2D eigenvalue weighted by atomic mass is 9.82. The zero-order valence-electron chi connectivity index (χ0n) is 19.1. The van der Waals surface area contributed by atoms with Gasteiger partial charge in [-0.05, 0) is 56.6 Å². The highest BCUT2D eigenvalue weighted by Gasteiger charge is 2.36. The molecule has 5 aromatic rings. The Morgan fingerprint density at radius 1 is 0.472 bits per heavy atom. The third-order valence-electron chi connectivity index (χ3n) is 7.43. The summed E-state index contributed by atoms with van der Waals surface area (Å²) in [5.41, 5.74) is 1.91. The lowest BCUT2D eigenvalue weighted by Crippen LogP contribution is -2.40. The summed E-state index contributed by atoms with van der Waals surface area (Å²) in [4.78, 5) is 55.3. The first-order chi connectivity index (χ1) is 17.5. The van der Waals surface area contributed by atoms with Crippen molar-refractivity contribution in [1.29, 1.82) is 0 Å². The van der Waals surface area contributed by atoms with E-state index in [1.807, 2.05) is 24.3 Å². The summed E-state index contributed by atoms with van der Waals surface area (Å²) < 4.78 is 0. The van der Waals surface area contributed by atoms with Crippen molar-refractivity contribution < 1.29 is 19.2 Å². The Morgan fingerprint density at radius 2 is 0.750 bits per heavy atom. The van der Waals surface area contributed by atoms with Crippen LogP contribution in [0.3, 0.4) is 0 Å².